The highest BCUT2D eigenvalue weighted by Crippen LogP contribution is 2.25. The Morgan fingerprint density at radius 2 is 2.12 bits per heavy atom. The lowest BCUT2D eigenvalue weighted by Crippen LogP contribution is -2.34. The van der Waals surface area contributed by atoms with E-state index in [0.29, 0.717) is 11.5 Å². The number of aliphatic hydroxyl groups excluding tert-OH is 2. The molecule has 0 saturated heterocycles. The Hall–Kier alpha value is -2.91. The van der Waals surface area contributed by atoms with E-state index in [1.54, 1.807) is 13.2 Å². The Kier molecular flexibility index (Phi) is 4.66. The zero-order valence-corrected chi connectivity index (χ0v) is 14.7. The molecule has 0 aliphatic carbocycles. The van der Waals surface area contributed by atoms with Crippen LogP contribution in [0, 0.1) is 13.8 Å². The maximum Gasteiger partial charge on any atom is 0.294 e. The van der Waals surface area contributed by atoms with Crippen LogP contribution in [0.25, 0.3) is 16.9 Å². The number of amides is 1. The molecule has 3 N–H and O–H groups in total. The first-order chi connectivity index (χ1) is 12.3. The van der Waals surface area contributed by atoms with Crippen molar-refractivity contribution in [1.82, 2.24) is 19.3 Å². The van der Waals surface area contributed by atoms with Crippen molar-refractivity contribution in [2.45, 2.75) is 20.0 Å². The van der Waals surface area contributed by atoms with Gasteiger partial charge >= 0.3 is 0 Å². The minimum absolute atomic E-state index is 0.0458. The second-order valence-electron chi connectivity index (χ2n) is 6.11. The van der Waals surface area contributed by atoms with Gasteiger partial charge in [-0.2, -0.15) is 0 Å². The van der Waals surface area contributed by atoms with Crippen LogP contribution >= 0.6 is 0 Å². The molecule has 9 heteroatoms. The van der Waals surface area contributed by atoms with Crippen LogP contribution in [-0.2, 0) is 7.05 Å². The van der Waals surface area contributed by atoms with Gasteiger partial charge in [0, 0.05) is 31.5 Å². The SMILES string of the molecule is Cc1cc(-c2cn3cc(C(=O)NC[C@H](O)CO)nc3c(=O)n2C)c(C)o1. The molecule has 3 aromatic rings. The largest absolute Gasteiger partial charge is 0.466 e. The van der Waals surface area contributed by atoms with Crippen molar-refractivity contribution in [3.05, 3.63) is 46.0 Å². The van der Waals surface area contributed by atoms with E-state index in [0.717, 1.165) is 11.3 Å². The third kappa shape index (κ3) is 3.14. The number of carbonyl (C=O) groups excluding carboxylic acids is 1. The molecule has 0 bridgehead atoms. The lowest BCUT2D eigenvalue weighted by molar-refractivity contribution is 0.0799. The predicted molar refractivity (Wildman–Crippen MR) is 93.0 cm³/mol. The first kappa shape index (κ1) is 17.9. The van der Waals surface area contributed by atoms with Gasteiger partial charge in [-0.3, -0.25) is 14.0 Å². The number of furan rings is 1. The molecule has 0 aliphatic heterocycles. The highest BCUT2D eigenvalue weighted by atomic mass is 16.3. The van der Waals surface area contributed by atoms with E-state index in [-0.39, 0.29) is 23.4 Å². The van der Waals surface area contributed by atoms with Gasteiger partial charge in [0.1, 0.15) is 17.2 Å². The van der Waals surface area contributed by atoms with Gasteiger partial charge in [-0.15, -0.1) is 0 Å². The maximum atomic E-state index is 12.6. The van der Waals surface area contributed by atoms with Crippen molar-refractivity contribution in [3.8, 4) is 11.3 Å². The Morgan fingerprint density at radius 3 is 2.73 bits per heavy atom. The molecule has 3 rings (SSSR count). The molecule has 0 aliphatic rings. The molecule has 26 heavy (non-hydrogen) atoms. The summed E-state index contributed by atoms with van der Waals surface area (Å²) in [4.78, 5) is 28.9. The summed E-state index contributed by atoms with van der Waals surface area (Å²) >= 11 is 0. The van der Waals surface area contributed by atoms with Crippen molar-refractivity contribution in [2.24, 2.45) is 7.05 Å². The molecule has 9 nitrogen and oxygen atoms in total. The second kappa shape index (κ2) is 6.77. The van der Waals surface area contributed by atoms with Crippen molar-refractivity contribution < 1.29 is 19.4 Å². The van der Waals surface area contributed by atoms with Gasteiger partial charge < -0.3 is 24.5 Å². The van der Waals surface area contributed by atoms with Crippen LogP contribution in [0.15, 0.2) is 27.7 Å². The quantitative estimate of drug-likeness (QED) is 0.588. The highest BCUT2D eigenvalue weighted by Gasteiger charge is 2.18. The van der Waals surface area contributed by atoms with E-state index in [1.807, 2.05) is 19.9 Å². The minimum Gasteiger partial charge on any atom is -0.466 e. The lowest BCUT2D eigenvalue weighted by Gasteiger charge is -2.07. The Labute approximate surface area is 148 Å². The van der Waals surface area contributed by atoms with Crippen molar-refractivity contribution in [1.29, 1.82) is 0 Å². The zero-order valence-electron chi connectivity index (χ0n) is 14.7. The standard InChI is InChI=1S/C17H20N4O5/c1-9-4-12(10(2)26-9)14-7-21-6-13(16(24)18-5-11(23)8-22)19-15(21)17(25)20(14)3/h4,6-7,11,22-23H,5,8H2,1-3H3,(H,18,24)/t11-/m0/s1. The van der Waals surface area contributed by atoms with E-state index in [4.69, 9.17) is 9.52 Å². The Bertz CT molecular complexity index is 1030. The second-order valence-corrected chi connectivity index (χ2v) is 6.11. The van der Waals surface area contributed by atoms with Gasteiger partial charge in [0.15, 0.2) is 0 Å². The first-order valence-electron chi connectivity index (χ1n) is 8.05. The molecule has 3 heterocycles. The van der Waals surface area contributed by atoms with Gasteiger partial charge in [0.25, 0.3) is 11.5 Å². The number of aryl methyl sites for hydroxylation is 2. The molecule has 138 valence electrons. The van der Waals surface area contributed by atoms with Crippen LogP contribution in [0.2, 0.25) is 0 Å². The van der Waals surface area contributed by atoms with E-state index in [2.05, 4.69) is 10.3 Å². The van der Waals surface area contributed by atoms with Crippen LogP contribution in [0.4, 0.5) is 0 Å². The average molecular weight is 360 g/mol. The number of carbonyl (C=O) groups is 1. The normalized spacial score (nSPS) is 12.5. The molecular formula is C17H20N4O5. The molecule has 0 saturated carbocycles. The smallest absolute Gasteiger partial charge is 0.294 e. The molecular weight excluding hydrogens is 340 g/mol. The summed E-state index contributed by atoms with van der Waals surface area (Å²) in [5.41, 5.74) is 1.23. The van der Waals surface area contributed by atoms with Crippen LogP contribution in [0.1, 0.15) is 22.0 Å². The zero-order chi connectivity index (χ0) is 19.0. The number of fused-ring (bicyclic) bond motifs is 1. The summed E-state index contributed by atoms with van der Waals surface area (Å²) in [6, 6.07) is 1.84. The van der Waals surface area contributed by atoms with Crippen LogP contribution < -0.4 is 10.9 Å². The minimum atomic E-state index is -1.05. The number of aliphatic hydroxyl groups is 2. The molecule has 0 fully saturated rings. The number of rotatable bonds is 5. The summed E-state index contributed by atoms with van der Waals surface area (Å²) in [5.74, 6) is 0.881. The van der Waals surface area contributed by atoms with Crippen LogP contribution in [0.5, 0.6) is 0 Å². The fourth-order valence-corrected chi connectivity index (χ4v) is 2.74. The number of aromatic nitrogens is 3. The maximum absolute atomic E-state index is 12.6. The number of hydrogen-bond donors (Lipinski definition) is 3. The molecule has 1 amide bonds. The van der Waals surface area contributed by atoms with Gasteiger partial charge in [-0.05, 0) is 19.9 Å². The topological polar surface area (TPSA) is 122 Å². The Balaban J connectivity index is 2.02. The van der Waals surface area contributed by atoms with Gasteiger partial charge in [0.2, 0.25) is 5.65 Å². The molecule has 0 spiro atoms. The molecule has 0 unspecified atom stereocenters. The molecule has 0 aromatic carbocycles. The molecule has 0 radical (unpaired) electrons. The number of imidazole rings is 1. The van der Waals surface area contributed by atoms with Gasteiger partial charge in [-0.25, -0.2) is 4.98 Å². The summed E-state index contributed by atoms with van der Waals surface area (Å²) in [5, 5.41) is 20.6. The summed E-state index contributed by atoms with van der Waals surface area (Å²) in [6.45, 7) is 3.07. The number of nitrogens with zero attached hydrogens (tertiary/aromatic N) is 3. The van der Waals surface area contributed by atoms with Crippen molar-refractivity contribution in [3.63, 3.8) is 0 Å². The summed E-state index contributed by atoms with van der Waals surface area (Å²) < 4.78 is 8.49. The fraction of sp³-hybridized carbons (Fsp3) is 0.353. The molecule has 1 atom stereocenters. The van der Waals surface area contributed by atoms with E-state index in [1.165, 1.54) is 15.2 Å². The van der Waals surface area contributed by atoms with Crippen molar-refractivity contribution >= 4 is 11.6 Å². The Morgan fingerprint density at radius 1 is 1.38 bits per heavy atom. The predicted octanol–water partition coefficient (Wildman–Crippen LogP) is -0.00716. The third-order valence-electron chi connectivity index (χ3n) is 4.11. The summed E-state index contributed by atoms with van der Waals surface area (Å²) in [7, 11) is 1.63. The van der Waals surface area contributed by atoms with E-state index >= 15 is 0 Å². The van der Waals surface area contributed by atoms with E-state index in [9.17, 15) is 14.7 Å². The third-order valence-corrected chi connectivity index (χ3v) is 4.11. The number of nitrogens with one attached hydrogen (secondary N) is 1. The summed E-state index contributed by atoms with van der Waals surface area (Å²) in [6.07, 6.45) is 2.10. The number of hydrogen-bond acceptors (Lipinski definition) is 6. The fourth-order valence-electron chi connectivity index (χ4n) is 2.74. The van der Waals surface area contributed by atoms with E-state index < -0.39 is 18.6 Å². The van der Waals surface area contributed by atoms with Crippen LogP contribution in [0.3, 0.4) is 0 Å². The highest BCUT2D eigenvalue weighted by molar-refractivity contribution is 5.92. The molecule has 3 aromatic heterocycles. The van der Waals surface area contributed by atoms with Gasteiger partial charge in [0.05, 0.1) is 18.4 Å². The van der Waals surface area contributed by atoms with Crippen LogP contribution in [-0.4, -0.2) is 49.3 Å². The van der Waals surface area contributed by atoms with Crippen molar-refractivity contribution in [2.75, 3.05) is 13.2 Å². The first-order valence-corrected chi connectivity index (χ1v) is 8.05. The van der Waals surface area contributed by atoms with Gasteiger partial charge in [-0.1, -0.05) is 0 Å². The lowest BCUT2D eigenvalue weighted by atomic mass is 10.2. The average Bonchev–Trinajstić information content (AvgIpc) is 3.18. The monoisotopic (exact) mass is 360 g/mol.